The quantitative estimate of drug-likeness (QED) is 0.742. The molecule has 0 aromatic heterocycles. The third kappa shape index (κ3) is 2.52. The molecule has 0 radical (unpaired) electrons. The molecule has 0 saturated heterocycles. The zero-order valence-corrected chi connectivity index (χ0v) is 9.46. The SMILES string of the molecule is Cc1ccc(Oc2ccc(F)cc2)cc1Cl. The van der Waals surface area contributed by atoms with E-state index in [1.54, 1.807) is 18.2 Å². The largest absolute Gasteiger partial charge is 0.457 e. The summed E-state index contributed by atoms with van der Waals surface area (Å²) < 4.78 is 18.2. The molecule has 16 heavy (non-hydrogen) atoms. The van der Waals surface area contributed by atoms with Gasteiger partial charge in [-0.3, -0.25) is 0 Å². The summed E-state index contributed by atoms with van der Waals surface area (Å²) in [7, 11) is 0. The second-order valence-electron chi connectivity index (χ2n) is 3.47. The van der Waals surface area contributed by atoms with Gasteiger partial charge in [0, 0.05) is 5.02 Å². The molecule has 2 aromatic rings. The molecule has 0 amide bonds. The van der Waals surface area contributed by atoms with Gasteiger partial charge in [0.15, 0.2) is 0 Å². The topological polar surface area (TPSA) is 9.23 Å². The Morgan fingerprint density at radius 1 is 1.00 bits per heavy atom. The van der Waals surface area contributed by atoms with Gasteiger partial charge >= 0.3 is 0 Å². The summed E-state index contributed by atoms with van der Waals surface area (Å²) in [4.78, 5) is 0. The van der Waals surface area contributed by atoms with E-state index in [-0.39, 0.29) is 5.82 Å². The minimum absolute atomic E-state index is 0.283. The molecule has 0 unspecified atom stereocenters. The normalized spacial score (nSPS) is 10.2. The summed E-state index contributed by atoms with van der Waals surface area (Å²) in [6.45, 7) is 1.92. The van der Waals surface area contributed by atoms with E-state index in [2.05, 4.69) is 0 Å². The fourth-order valence-corrected chi connectivity index (χ4v) is 1.45. The molecule has 0 atom stereocenters. The minimum Gasteiger partial charge on any atom is -0.457 e. The Labute approximate surface area is 98.4 Å². The molecule has 0 aliphatic carbocycles. The molecule has 0 heterocycles. The highest BCUT2D eigenvalue weighted by atomic mass is 35.5. The van der Waals surface area contributed by atoms with Gasteiger partial charge in [0.05, 0.1) is 0 Å². The number of aryl methyl sites for hydroxylation is 1. The molecule has 0 bridgehead atoms. The van der Waals surface area contributed by atoms with E-state index in [1.807, 2.05) is 19.1 Å². The summed E-state index contributed by atoms with van der Waals surface area (Å²) in [5.41, 5.74) is 0.994. The van der Waals surface area contributed by atoms with Crippen molar-refractivity contribution < 1.29 is 9.13 Å². The van der Waals surface area contributed by atoms with E-state index < -0.39 is 0 Å². The molecular formula is C13H10ClFO. The fraction of sp³-hybridized carbons (Fsp3) is 0.0769. The average Bonchev–Trinajstić information content (AvgIpc) is 2.27. The van der Waals surface area contributed by atoms with Gasteiger partial charge in [0.1, 0.15) is 17.3 Å². The van der Waals surface area contributed by atoms with Crippen molar-refractivity contribution in [1.82, 2.24) is 0 Å². The summed E-state index contributed by atoms with van der Waals surface area (Å²) in [6.07, 6.45) is 0. The van der Waals surface area contributed by atoms with E-state index in [1.165, 1.54) is 12.1 Å². The number of hydrogen-bond acceptors (Lipinski definition) is 1. The highest BCUT2D eigenvalue weighted by Crippen LogP contribution is 2.26. The number of hydrogen-bond donors (Lipinski definition) is 0. The molecule has 0 N–H and O–H groups in total. The Morgan fingerprint density at radius 3 is 2.25 bits per heavy atom. The molecule has 82 valence electrons. The van der Waals surface area contributed by atoms with Crippen LogP contribution in [0.4, 0.5) is 4.39 Å². The molecule has 3 heteroatoms. The van der Waals surface area contributed by atoms with Crippen LogP contribution < -0.4 is 4.74 Å². The number of benzene rings is 2. The van der Waals surface area contributed by atoms with Crippen LogP contribution in [-0.4, -0.2) is 0 Å². The summed E-state index contributed by atoms with van der Waals surface area (Å²) in [6, 6.07) is 11.3. The van der Waals surface area contributed by atoms with E-state index >= 15 is 0 Å². The molecule has 1 nitrogen and oxygen atoms in total. The highest BCUT2D eigenvalue weighted by Gasteiger charge is 2.00. The lowest BCUT2D eigenvalue weighted by atomic mass is 10.2. The van der Waals surface area contributed by atoms with Gasteiger partial charge < -0.3 is 4.74 Å². The summed E-state index contributed by atoms with van der Waals surface area (Å²) in [5.74, 6) is 0.942. The predicted octanol–water partition coefficient (Wildman–Crippen LogP) is 4.58. The lowest BCUT2D eigenvalue weighted by Crippen LogP contribution is -1.85. The van der Waals surface area contributed by atoms with Crippen LogP contribution in [0.3, 0.4) is 0 Å². The summed E-state index contributed by atoms with van der Waals surface area (Å²) >= 11 is 5.97. The first-order valence-electron chi connectivity index (χ1n) is 4.85. The molecule has 0 aliphatic rings. The summed E-state index contributed by atoms with van der Waals surface area (Å²) in [5, 5.41) is 0.652. The first kappa shape index (κ1) is 11.0. The van der Waals surface area contributed by atoms with Crippen LogP contribution in [0.15, 0.2) is 42.5 Å². The maximum atomic E-state index is 12.7. The van der Waals surface area contributed by atoms with Gasteiger partial charge in [-0.15, -0.1) is 0 Å². The third-order valence-electron chi connectivity index (χ3n) is 2.19. The van der Waals surface area contributed by atoms with Crippen molar-refractivity contribution in [2.24, 2.45) is 0 Å². The molecule has 0 saturated carbocycles. The Kier molecular flexibility index (Phi) is 3.11. The lowest BCUT2D eigenvalue weighted by Gasteiger charge is -2.06. The number of halogens is 2. The van der Waals surface area contributed by atoms with Crippen LogP contribution in [0.1, 0.15) is 5.56 Å². The number of ether oxygens (including phenoxy) is 1. The molecule has 2 rings (SSSR count). The maximum absolute atomic E-state index is 12.7. The van der Waals surface area contributed by atoms with E-state index in [0.29, 0.717) is 16.5 Å². The standard InChI is InChI=1S/C13H10ClFO/c1-9-2-5-12(8-13(9)14)16-11-6-3-10(15)4-7-11/h2-8H,1H3. The smallest absolute Gasteiger partial charge is 0.128 e. The minimum atomic E-state index is -0.283. The van der Waals surface area contributed by atoms with Gasteiger partial charge in [-0.25, -0.2) is 4.39 Å². The second-order valence-corrected chi connectivity index (χ2v) is 3.87. The van der Waals surface area contributed by atoms with Crippen molar-refractivity contribution in [3.05, 3.63) is 58.9 Å². The molecule has 2 aromatic carbocycles. The predicted molar refractivity (Wildman–Crippen MR) is 62.7 cm³/mol. The molecule has 0 fully saturated rings. The van der Waals surface area contributed by atoms with Crippen molar-refractivity contribution in [3.8, 4) is 11.5 Å². The molecule has 0 aliphatic heterocycles. The highest BCUT2D eigenvalue weighted by molar-refractivity contribution is 6.31. The Morgan fingerprint density at radius 2 is 1.62 bits per heavy atom. The van der Waals surface area contributed by atoms with Crippen molar-refractivity contribution in [3.63, 3.8) is 0 Å². The van der Waals surface area contributed by atoms with E-state index in [4.69, 9.17) is 16.3 Å². The van der Waals surface area contributed by atoms with Gasteiger partial charge in [0.25, 0.3) is 0 Å². The van der Waals surface area contributed by atoms with Crippen LogP contribution in [0, 0.1) is 12.7 Å². The van der Waals surface area contributed by atoms with Crippen molar-refractivity contribution >= 4 is 11.6 Å². The van der Waals surface area contributed by atoms with Gasteiger partial charge in [0.2, 0.25) is 0 Å². The van der Waals surface area contributed by atoms with Gasteiger partial charge in [-0.1, -0.05) is 17.7 Å². The van der Waals surface area contributed by atoms with Crippen LogP contribution in [-0.2, 0) is 0 Å². The van der Waals surface area contributed by atoms with Crippen LogP contribution >= 0.6 is 11.6 Å². The van der Waals surface area contributed by atoms with Gasteiger partial charge in [-0.05, 0) is 48.9 Å². The van der Waals surface area contributed by atoms with Gasteiger partial charge in [-0.2, -0.15) is 0 Å². The second kappa shape index (κ2) is 4.54. The Bertz CT molecular complexity index is 494. The van der Waals surface area contributed by atoms with Crippen molar-refractivity contribution in [2.75, 3.05) is 0 Å². The fourth-order valence-electron chi connectivity index (χ4n) is 1.28. The van der Waals surface area contributed by atoms with Crippen molar-refractivity contribution in [2.45, 2.75) is 6.92 Å². The maximum Gasteiger partial charge on any atom is 0.128 e. The molecule has 0 spiro atoms. The van der Waals surface area contributed by atoms with Crippen molar-refractivity contribution in [1.29, 1.82) is 0 Å². The average molecular weight is 237 g/mol. The Balaban J connectivity index is 2.20. The zero-order chi connectivity index (χ0) is 11.5. The van der Waals surface area contributed by atoms with Crippen LogP contribution in [0.5, 0.6) is 11.5 Å². The third-order valence-corrected chi connectivity index (χ3v) is 2.60. The van der Waals surface area contributed by atoms with Crippen LogP contribution in [0.25, 0.3) is 0 Å². The van der Waals surface area contributed by atoms with Crippen LogP contribution in [0.2, 0.25) is 5.02 Å². The zero-order valence-electron chi connectivity index (χ0n) is 8.71. The Hall–Kier alpha value is -1.54. The first-order chi connectivity index (χ1) is 7.65. The van der Waals surface area contributed by atoms with E-state index in [0.717, 1.165) is 5.56 Å². The molecular weight excluding hydrogens is 227 g/mol. The lowest BCUT2D eigenvalue weighted by molar-refractivity contribution is 0.480. The van der Waals surface area contributed by atoms with E-state index in [9.17, 15) is 4.39 Å². The monoisotopic (exact) mass is 236 g/mol. The number of rotatable bonds is 2. The first-order valence-corrected chi connectivity index (χ1v) is 5.22.